The number of ether oxygens (including phenoxy) is 1. The number of hydrogen-bond donors (Lipinski definition) is 1. The standard InChI is InChI=1S/C15H23NO/c1-3-4-5-6-7-11-17-15-10-8-9-14(12-15)13(2)16/h3,8-10,12-13H,1,4-7,11,16H2,2H3/t13-/m0/s1. The van der Waals surface area contributed by atoms with Gasteiger partial charge in [-0.25, -0.2) is 0 Å². The monoisotopic (exact) mass is 233 g/mol. The van der Waals surface area contributed by atoms with Crippen LogP contribution in [0.15, 0.2) is 36.9 Å². The van der Waals surface area contributed by atoms with E-state index in [-0.39, 0.29) is 6.04 Å². The molecule has 0 fully saturated rings. The van der Waals surface area contributed by atoms with Gasteiger partial charge in [-0.1, -0.05) is 18.2 Å². The summed E-state index contributed by atoms with van der Waals surface area (Å²) in [6.45, 7) is 6.47. The van der Waals surface area contributed by atoms with Crippen LogP contribution in [0, 0.1) is 0 Å². The number of hydrogen-bond acceptors (Lipinski definition) is 2. The van der Waals surface area contributed by atoms with Crippen LogP contribution in [0.2, 0.25) is 0 Å². The van der Waals surface area contributed by atoms with Gasteiger partial charge in [0.1, 0.15) is 5.75 Å². The van der Waals surface area contributed by atoms with E-state index in [4.69, 9.17) is 10.5 Å². The lowest BCUT2D eigenvalue weighted by molar-refractivity contribution is 0.305. The van der Waals surface area contributed by atoms with Gasteiger partial charge in [-0.15, -0.1) is 6.58 Å². The number of benzene rings is 1. The molecule has 1 aromatic rings. The first-order chi connectivity index (χ1) is 8.24. The Kier molecular flexibility index (Phi) is 6.41. The highest BCUT2D eigenvalue weighted by molar-refractivity contribution is 5.30. The van der Waals surface area contributed by atoms with Crippen molar-refractivity contribution in [3.63, 3.8) is 0 Å². The topological polar surface area (TPSA) is 35.2 Å². The Hall–Kier alpha value is -1.28. The van der Waals surface area contributed by atoms with Crippen LogP contribution in [0.3, 0.4) is 0 Å². The largest absolute Gasteiger partial charge is 0.494 e. The normalized spacial score (nSPS) is 12.1. The third-order valence-electron chi connectivity index (χ3n) is 2.71. The molecule has 1 rings (SSSR count). The zero-order valence-corrected chi connectivity index (χ0v) is 10.7. The molecular weight excluding hydrogens is 210 g/mol. The van der Waals surface area contributed by atoms with Gasteiger partial charge < -0.3 is 10.5 Å². The fraction of sp³-hybridized carbons (Fsp3) is 0.467. The lowest BCUT2D eigenvalue weighted by atomic mass is 10.1. The molecule has 2 nitrogen and oxygen atoms in total. The Labute approximate surface area is 104 Å². The Morgan fingerprint density at radius 3 is 2.88 bits per heavy atom. The molecule has 0 aliphatic heterocycles. The molecule has 0 unspecified atom stereocenters. The van der Waals surface area contributed by atoms with Crippen molar-refractivity contribution < 1.29 is 4.74 Å². The minimum atomic E-state index is 0.0612. The smallest absolute Gasteiger partial charge is 0.119 e. The second kappa shape index (κ2) is 7.91. The van der Waals surface area contributed by atoms with Crippen molar-refractivity contribution in [1.82, 2.24) is 0 Å². The SMILES string of the molecule is C=CCCCCCOc1cccc([C@H](C)N)c1. The summed E-state index contributed by atoms with van der Waals surface area (Å²) in [5, 5.41) is 0. The Balaban J connectivity index is 2.26. The maximum absolute atomic E-state index is 5.83. The summed E-state index contributed by atoms with van der Waals surface area (Å²) in [5.74, 6) is 0.920. The van der Waals surface area contributed by atoms with Crippen molar-refractivity contribution in [1.29, 1.82) is 0 Å². The molecule has 1 aromatic carbocycles. The lowest BCUT2D eigenvalue weighted by Crippen LogP contribution is -2.05. The first-order valence-corrected chi connectivity index (χ1v) is 6.33. The maximum atomic E-state index is 5.83. The first-order valence-electron chi connectivity index (χ1n) is 6.33. The van der Waals surface area contributed by atoms with Crippen LogP contribution in [0.25, 0.3) is 0 Å². The van der Waals surface area contributed by atoms with E-state index in [1.165, 1.54) is 12.8 Å². The van der Waals surface area contributed by atoms with Crippen molar-refractivity contribution in [3.8, 4) is 5.75 Å². The van der Waals surface area contributed by atoms with E-state index < -0.39 is 0 Å². The summed E-state index contributed by atoms with van der Waals surface area (Å²) in [6, 6.07) is 8.09. The van der Waals surface area contributed by atoms with Crippen LogP contribution >= 0.6 is 0 Å². The van der Waals surface area contributed by atoms with E-state index in [1.54, 1.807) is 0 Å². The molecular formula is C15H23NO. The predicted octanol–water partition coefficient (Wildman–Crippen LogP) is 3.83. The average Bonchev–Trinajstić information content (AvgIpc) is 2.34. The van der Waals surface area contributed by atoms with Gasteiger partial charge in [-0.05, 0) is 50.3 Å². The van der Waals surface area contributed by atoms with Crippen molar-refractivity contribution in [2.75, 3.05) is 6.61 Å². The van der Waals surface area contributed by atoms with Crippen LogP contribution in [0.5, 0.6) is 5.75 Å². The Morgan fingerprint density at radius 2 is 2.18 bits per heavy atom. The van der Waals surface area contributed by atoms with Gasteiger partial charge in [0.15, 0.2) is 0 Å². The summed E-state index contributed by atoms with van der Waals surface area (Å²) in [5.41, 5.74) is 6.95. The zero-order chi connectivity index (χ0) is 12.5. The summed E-state index contributed by atoms with van der Waals surface area (Å²) in [7, 11) is 0. The van der Waals surface area contributed by atoms with Gasteiger partial charge >= 0.3 is 0 Å². The highest BCUT2D eigenvalue weighted by atomic mass is 16.5. The summed E-state index contributed by atoms with van der Waals surface area (Å²) in [6.07, 6.45) is 6.55. The van der Waals surface area contributed by atoms with Crippen molar-refractivity contribution in [3.05, 3.63) is 42.5 Å². The number of nitrogens with two attached hydrogens (primary N) is 1. The maximum Gasteiger partial charge on any atom is 0.119 e. The van der Waals surface area contributed by atoms with Crippen molar-refractivity contribution in [2.24, 2.45) is 5.73 Å². The van der Waals surface area contributed by atoms with Crippen LogP contribution < -0.4 is 10.5 Å². The van der Waals surface area contributed by atoms with Gasteiger partial charge in [0, 0.05) is 6.04 Å². The van der Waals surface area contributed by atoms with E-state index >= 15 is 0 Å². The molecule has 94 valence electrons. The molecule has 0 aliphatic rings. The van der Waals surface area contributed by atoms with Crippen LogP contribution in [0.4, 0.5) is 0 Å². The number of allylic oxidation sites excluding steroid dienone is 1. The van der Waals surface area contributed by atoms with E-state index in [0.29, 0.717) is 0 Å². The summed E-state index contributed by atoms with van der Waals surface area (Å²) < 4.78 is 5.70. The van der Waals surface area contributed by atoms with Gasteiger partial charge in [0.05, 0.1) is 6.61 Å². The van der Waals surface area contributed by atoms with Crippen molar-refractivity contribution >= 4 is 0 Å². The number of rotatable bonds is 8. The minimum absolute atomic E-state index is 0.0612. The highest BCUT2D eigenvalue weighted by Gasteiger charge is 2.00. The molecule has 0 amide bonds. The van der Waals surface area contributed by atoms with E-state index in [2.05, 4.69) is 6.58 Å². The molecule has 0 aliphatic carbocycles. The van der Waals surface area contributed by atoms with Crippen LogP contribution in [-0.2, 0) is 0 Å². The molecule has 1 atom stereocenters. The molecule has 17 heavy (non-hydrogen) atoms. The van der Waals surface area contributed by atoms with E-state index in [9.17, 15) is 0 Å². The second-order valence-corrected chi connectivity index (χ2v) is 4.35. The number of unbranched alkanes of at least 4 members (excludes halogenated alkanes) is 3. The molecule has 0 aromatic heterocycles. The highest BCUT2D eigenvalue weighted by Crippen LogP contribution is 2.17. The minimum Gasteiger partial charge on any atom is -0.494 e. The Morgan fingerprint density at radius 1 is 1.35 bits per heavy atom. The third-order valence-corrected chi connectivity index (χ3v) is 2.71. The van der Waals surface area contributed by atoms with Gasteiger partial charge in [-0.3, -0.25) is 0 Å². The molecule has 2 N–H and O–H groups in total. The Bertz CT molecular complexity index is 333. The van der Waals surface area contributed by atoms with Crippen LogP contribution in [-0.4, -0.2) is 6.61 Å². The van der Waals surface area contributed by atoms with Gasteiger partial charge in [-0.2, -0.15) is 0 Å². The molecule has 0 heterocycles. The lowest BCUT2D eigenvalue weighted by Gasteiger charge is -2.09. The fourth-order valence-corrected chi connectivity index (χ4v) is 1.65. The second-order valence-electron chi connectivity index (χ2n) is 4.35. The average molecular weight is 233 g/mol. The van der Waals surface area contributed by atoms with Gasteiger partial charge in [0.25, 0.3) is 0 Å². The molecule has 0 bridgehead atoms. The third kappa shape index (κ3) is 5.55. The molecule has 2 heteroatoms. The van der Waals surface area contributed by atoms with E-state index in [0.717, 1.165) is 30.8 Å². The van der Waals surface area contributed by atoms with Crippen LogP contribution in [0.1, 0.15) is 44.2 Å². The zero-order valence-electron chi connectivity index (χ0n) is 10.7. The fourth-order valence-electron chi connectivity index (χ4n) is 1.65. The molecule has 0 radical (unpaired) electrons. The van der Waals surface area contributed by atoms with Gasteiger partial charge in [0.2, 0.25) is 0 Å². The molecule has 0 saturated heterocycles. The van der Waals surface area contributed by atoms with Crippen molar-refractivity contribution in [2.45, 2.75) is 38.6 Å². The molecule has 0 saturated carbocycles. The first kappa shape index (κ1) is 13.8. The summed E-state index contributed by atoms with van der Waals surface area (Å²) >= 11 is 0. The predicted molar refractivity (Wildman–Crippen MR) is 73.2 cm³/mol. The quantitative estimate of drug-likeness (QED) is 0.547. The molecule has 0 spiro atoms. The van der Waals surface area contributed by atoms with E-state index in [1.807, 2.05) is 37.3 Å². The summed E-state index contributed by atoms with van der Waals surface area (Å²) in [4.78, 5) is 0.